The summed E-state index contributed by atoms with van der Waals surface area (Å²) < 4.78 is 13.8. The number of hydrogen-bond donors (Lipinski definition) is 2. The summed E-state index contributed by atoms with van der Waals surface area (Å²) in [6, 6.07) is 4.84. The highest BCUT2D eigenvalue weighted by Crippen LogP contribution is 2.40. The molecule has 0 radical (unpaired) electrons. The van der Waals surface area contributed by atoms with Gasteiger partial charge in [-0.25, -0.2) is 4.39 Å². The van der Waals surface area contributed by atoms with Gasteiger partial charge in [0.25, 0.3) is 0 Å². The summed E-state index contributed by atoms with van der Waals surface area (Å²) in [6.07, 6.45) is 2.07. The fraction of sp³-hybridized carbons (Fsp3) is 0.500. The number of halogens is 2. The van der Waals surface area contributed by atoms with E-state index < -0.39 is 5.82 Å². The SMILES string of the molecule is CC(NC(=O)[C@@H]1C[C@H]2C[C@H]2N1)c1cccc(Cl)c1F. The van der Waals surface area contributed by atoms with E-state index in [4.69, 9.17) is 11.6 Å². The topological polar surface area (TPSA) is 41.1 Å². The van der Waals surface area contributed by atoms with Crippen LogP contribution < -0.4 is 10.6 Å². The quantitative estimate of drug-likeness (QED) is 0.894. The fourth-order valence-electron chi connectivity index (χ4n) is 2.77. The molecule has 1 aromatic rings. The van der Waals surface area contributed by atoms with Gasteiger partial charge in [0.2, 0.25) is 5.91 Å². The monoisotopic (exact) mass is 282 g/mol. The second kappa shape index (κ2) is 4.76. The van der Waals surface area contributed by atoms with Crippen LogP contribution in [0.5, 0.6) is 0 Å². The maximum atomic E-state index is 13.8. The second-order valence-corrected chi connectivity index (χ2v) is 5.84. The van der Waals surface area contributed by atoms with E-state index in [0.717, 1.165) is 6.42 Å². The Hall–Kier alpha value is -1.13. The third-order valence-corrected chi connectivity index (χ3v) is 4.29. The second-order valence-electron chi connectivity index (χ2n) is 5.43. The number of carbonyl (C=O) groups excluding carboxylic acids is 1. The van der Waals surface area contributed by atoms with Gasteiger partial charge in [-0.1, -0.05) is 23.7 Å². The van der Waals surface area contributed by atoms with E-state index in [1.807, 2.05) is 0 Å². The van der Waals surface area contributed by atoms with Crippen molar-refractivity contribution in [1.82, 2.24) is 10.6 Å². The lowest BCUT2D eigenvalue weighted by Gasteiger charge is -2.19. The summed E-state index contributed by atoms with van der Waals surface area (Å²) in [4.78, 5) is 12.1. The molecule has 102 valence electrons. The maximum absolute atomic E-state index is 13.8. The van der Waals surface area contributed by atoms with E-state index in [-0.39, 0.29) is 23.0 Å². The number of benzene rings is 1. The zero-order chi connectivity index (χ0) is 13.6. The molecule has 2 aliphatic rings. The molecule has 1 saturated heterocycles. The smallest absolute Gasteiger partial charge is 0.237 e. The fourth-order valence-corrected chi connectivity index (χ4v) is 2.95. The molecule has 3 rings (SSSR count). The van der Waals surface area contributed by atoms with E-state index in [2.05, 4.69) is 10.6 Å². The molecule has 0 aromatic heterocycles. The van der Waals surface area contributed by atoms with Crippen molar-refractivity contribution >= 4 is 17.5 Å². The van der Waals surface area contributed by atoms with E-state index in [1.54, 1.807) is 19.1 Å². The highest BCUT2D eigenvalue weighted by molar-refractivity contribution is 6.30. The number of piperidine rings is 1. The number of amides is 1. The van der Waals surface area contributed by atoms with Crippen LogP contribution in [0.4, 0.5) is 4.39 Å². The van der Waals surface area contributed by atoms with Gasteiger partial charge < -0.3 is 10.6 Å². The van der Waals surface area contributed by atoms with Crippen molar-refractivity contribution in [2.24, 2.45) is 5.92 Å². The molecule has 1 aromatic carbocycles. The van der Waals surface area contributed by atoms with Crippen LogP contribution in [0.15, 0.2) is 18.2 Å². The molecule has 4 atom stereocenters. The Bertz CT molecular complexity index is 512. The normalized spacial score (nSPS) is 29.7. The lowest BCUT2D eigenvalue weighted by Crippen LogP contribution is -2.43. The van der Waals surface area contributed by atoms with Crippen LogP contribution >= 0.6 is 11.6 Å². The molecule has 1 heterocycles. The van der Waals surface area contributed by atoms with Crippen molar-refractivity contribution in [3.63, 3.8) is 0 Å². The van der Waals surface area contributed by atoms with E-state index in [1.165, 1.54) is 12.5 Å². The first-order valence-corrected chi connectivity index (χ1v) is 6.94. The third-order valence-electron chi connectivity index (χ3n) is 4.00. The Morgan fingerprint density at radius 3 is 3.00 bits per heavy atom. The van der Waals surface area contributed by atoms with Crippen molar-refractivity contribution in [2.75, 3.05) is 0 Å². The summed E-state index contributed by atoms with van der Waals surface area (Å²) in [6.45, 7) is 1.77. The first-order chi connectivity index (χ1) is 9.06. The van der Waals surface area contributed by atoms with Crippen LogP contribution in [0.3, 0.4) is 0 Å². The van der Waals surface area contributed by atoms with Gasteiger partial charge in [0.05, 0.1) is 17.1 Å². The van der Waals surface area contributed by atoms with E-state index >= 15 is 0 Å². The van der Waals surface area contributed by atoms with Crippen molar-refractivity contribution in [2.45, 2.75) is 37.9 Å². The standard InChI is InChI=1S/C14H16ClFN2O/c1-7(9-3-2-4-10(15)13(9)16)17-14(19)12-6-8-5-11(8)18-12/h2-4,7-8,11-12,18H,5-6H2,1H3,(H,17,19)/t7?,8-,11-,12+/m1/s1. The molecule has 1 aliphatic heterocycles. The maximum Gasteiger partial charge on any atom is 0.237 e. The first kappa shape index (κ1) is 12.9. The predicted octanol–water partition coefficient (Wildman–Crippen LogP) is 2.41. The molecule has 1 unspecified atom stereocenters. The van der Waals surface area contributed by atoms with Gasteiger partial charge in [-0.2, -0.15) is 0 Å². The Kier molecular flexibility index (Phi) is 3.23. The van der Waals surface area contributed by atoms with Gasteiger partial charge in [0, 0.05) is 11.6 Å². The largest absolute Gasteiger partial charge is 0.348 e. The third kappa shape index (κ3) is 2.47. The van der Waals surface area contributed by atoms with Gasteiger partial charge >= 0.3 is 0 Å². The van der Waals surface area contributed by atoms with Crippen molar-refractivity contribution in [3.05, 3.63) is 34.6 Å². The Labute approximate surface area is 116 Å². The first-order valence-electron chi connectivity index (χ1n) is 6.56. The summed E-state index contributed by atoms with van der Waals surface area (Å²) in [5.74, 6) is 0.146. The lowest BCUT2D eigenvalue weighted by molar-refractivity contribution is -0.123. The van der Waals surface area contributed by atoms with Gasteiger partial charge in [-0.15, -0.1) is 0 Å². The number of nitrogens with one attached hydrogen (secondary N) is 2. The van der Waals surface area contributed by atoms with Gasteiger partial charge in [0.1, 0.15) is 5.82 Å². The summed E-state index contributed by atoms with van der Waals surface area (Å²) in [5.41, 5.74) is 0.420. The Morgan fingerprint density at radius 1 is 1.53 bits per heavy atom. The van der Waals surface area contributed by atoms with Gasteiger partial charge in [0.15, 0.2) is 0 Å². The molecular formula is C14H16ClFN2O. The number of hydrogen-bond acceptors (Lipinski definition) is 2. The molecule has 5 heteroatoms. The van der Waals surface area contributed by atoms with Crippen LogP contribution in [0.2, 0.25) is 5.02 Å². The van der Waals surface area contributed by atoms with Gasteiger partial charge in [-0.3, -0.25) is 4.79 Å². The minimum Gasteiger partial charge on any atom is -0.348 e. The van der Waals surface area contributed by atoms with Crippen molar-refractivity contribution < 1.29 is 9.18 Å². The number of fused-ring (bicyclic) bond motifs is 1. The summed E-state index contributed by atoms with van der Waals surface area (Å²) in [5, 5.41) is 6.21. The zero-order valence-electron chi connectivity index (χ0n) is 10.6. The molecule has 0 spiro atoms. The molecule has 2 N–H and O–H groups in total. The lowest BCUT2D eigenvalue weighted by atomic mass is 10.1. The molecule has 2 fully saturated rings. The van der Waals surface area contributed by atoms with Crippen LogP contribution in [-0.4, -0.2) is 18.0 Å². The summed E-state index contributed by atoms with van der Waals surface area (Å²) >= 11 is 5.75. The molecule has 0 bridgehead atoms. The van der Waals surface area contributed by atoms with E-state index in [0.29, 0.717) is 17.5 Å². The molecule has 1 amide bonds. The molecule has 19 heavy (non-hydrogen) atoms. The summed E-state index contributed by atoms with van der Waals surface area (Å²) in [7, 11) is 0. The molecule has 1 aliphatic carbocycles. The minimum absolute atomic E-state index is 0.0564. The van der Waals surface area contributed by atoms with E-state index in [9.17, 15) is 9.18 Å². The van der Waals surface area contributed by atoms with Crippen LogP contribution in [0, 0.1) is 11.7 Å². The van der Waals surface area contributed by atoms with Crippen molar-refractivity contribution in [1.29, 1.82) is 0 Å². The highest BCUT2D eigenvalue weighted by Gasteiger charge is 2.47. The van der Waals surface area contributed by atoms with Gasteiger partial charge in [-0.05, 0) is 31.7 Å². The minimum atomic E-state index is -0.459. The van der Waals surface area contributed by atoms with Crippen LogP contribution in [0.1, 0.15) is 31.4 Å². The zero-order valence-corrected chi connectivity index (χ0v) is 11.4. The Balaban J connectivity index is 1.65. The molecule has 1 saturated carbocycles. The average molecular weight is 283 g/mol. The Morgan fingerprint density at radius 2 is 2.32 bits per heavy atom. The molecular weight excluding hydrogens is 267 g/mol. The van der Waals surface area contributed by atoms with Crippen LogP contribution in [-0.2, 0) is 4.79 Å². The van der Waals surface area contributed by atoms with Crippen molar-refractivity contribution in [3.8, 4) is 0 Å². The van der Waals surface area contributed by atoms with Crippen LogP contribution in [0.25, 0.3) is 0 Å². The number of carbonyl (C=O) groups is 1. The number of rotatable bonds is 3. The average Bonchev–Trinajstić information content (AvgIpc) is 2.99. The highest BCUT2D eigenvalue weighted by atomic mass is 35.5. The predicted molar refractivity (Wildman–Crippen MR) is 71.4 cm³/mol. The molecule has 3 nitrogen and oxygen atoms in total.